The molecule has 0 saturated heterocycles. The number of hydrogen-bond donors (Lipinski definition) is 2. The summed E-state index contributed by atoms with van der Waals surface area (Å²) in [4.78, 5) is 17.3. The molecule has 6 nitrogen and oxygen atoms in total. The first kappa shape index (κ1) is 15.9. The number of amides is 1. The first-order chi connectivity index (χ1) is 11.0. The Balaban J connectivity index is 1.97. The highest BCUT2D eigenvalue weighted by atomic mass is 16.5. The Morgan fingerprint density at radius 2 is 2.26 bits per heavy atom. The smallest absolute Gasteiger partial charge is 0.259 e. The van der Waals surface area contributed by atoms with Crippen LogP contribution in [0.25, 0.3) is 11.1 Å². The number of nitrogens with two attached hydrogens (primary N) is 1. The Hall–Kier alpha value is -1.95. The number of pyridine rings is 1. The van der Waals surface area contributed by atoms with Crippen molar-refractivity contribution in [2.75, 3.05) is 6.54 Å². The molecule has 2 aromatic heterocycles. The van der Waals surface area contributed by atoms with Crippen LogP contribution < -0.4 is 11.1 Å². The fraction of sp³-hybridized carbons (Fsp3) is 0.588. The van der Waals surface area contributed by atoms with Crippen LogP contribution in [0.1, 0.15) is 60.8 Å². The average molecular weight is 316 g/mol. The van der Waals surface area contributed by atoms with E-state index in [0.717, 1.165) is 25.0 Å². The van der Waals surface area contributed by atoms with Crippen LogP contribution in [0.15, 0.2) is 10.6 Å². The summed E-state index contributed by atoms with van der Waals surface area (Å²) in [5, 5.41) is 7.82. The van der Waals surface area contributed by atoms with Gasteiger partial charge in [-0.15, -0.1) is 0 Å². The van der Waals surface area contributed by atoms with E-state index in [-0.39, 0.29) is 17.9 Å². The van der Waals surface area contributed by atoms with Crippen LogP contribution in [-0.2, 0) is 0 Å². The maximum absolute atomic E-state index is 12.9. The summed E-state index contributed by atoms with van der Waals surface area (Å²) in [5.74, 6) is 0.486. The number of carbonyl (C=O) groups is 1. The predicted octanol–water partition coefficient (Wildman–Crippen LogP) is 2.51. The highest BCUT2D eigenvalue weighted by molar-refractivity contribution is 6.06. The fourth-order valence-corrected chi connectivity index (χ4v) is 3.34. The van der Waals surface area contributed by atoms with E-state index in [2.05, 4.69) is 15.5 Å². The van der Waals surface area contributed by atoms with Gasteiger partial charge in [0, 0.05) is 11.7 Å². The standard InChI is InChI=1S/C17H24N4O2/c1-9(2)14-7-12(15-10(3)21-23-17(15)20-14)16(22)19-13-6-4-5-11(13)8-18/h7,9,11,13H,4-6,8,18H2,1-3H3,(H,19,22). The van der Waals surface area contributed by atoms with Gasteiger partial charge in [0.2, 0.25) is 0 Å². The minimum atomic E-state index is -0.0871. The van der Waals surface area contributed by atoms with Gasteiger partial charge < -0.3 is 15.6 Å². The molecule has 6 heteroatoms. The molecule has 1 aliphatic rings. The van der Waals surface area contributed by atoms with Crippen LogP contribution in [0, 0.1) is 12.8 Å². The zero-order chi connectivity index (χ0) is 16.6. The average Bonchev–Trinajstić information content (AvgIpc) is 3.13. The largest absolute Gasteiger partial charge is 0.349 e. The van der Waals surface area contributed by atoms with Crippen LogP contribution in [0.2, 0.25) is 0 Å². The molecule has 23 heavy (non-hydrogen) atoms. The molecule has 1 fully saturated rings. The van der Waals surface area contributed by atoms with Gasteiger partial charge >= 0.3 is 0 Å². The van der Waals surface area contributed by atoms with E-state index < -0.39 is 0 Å². The molecular formula is C17H24N4O2. The molecule has 0 radical (unpaired) electrons. The van der Waals surface area contributed by atoms with Gasteiger partial charge in [0.1, 0.15) is 0 Å². The van der Waals surface area contributed by atoms with Gasteiger partial charge in [0.05, 0.1) is 16.6 Å². The second kappa shape index (κ2) is 6.28. The van der Waals surface area contributed by atoms with E-state index in [1.165, 1.54) is 0 Å². The third kappa shape index (κ3) is 2.95. The topological polar surface area (TPSA) is 94.0 Å². The van der Waals surface area contributed by atoms with Gasteiger partial charge in [-0.05, 0) is 44.2 Å². The molecule has 124 valence electrons. The van der Waals surface area contributed by atoms with Gasteiger partial charge in [0.15, 0.2) is 0 Å². The molecule has 1 aliphatic carbocycles. The minimum absolute atomic E-state index is 0.0871. The van der Waals surface area contributed by atoms with Crippen molar-refractivity contribution in [1.29, 1.82) is 0 Å². The summed E-state index contributed by atoms with van der Waals surface area (Å²) in [7, 11) is 0. The monoisotopic (exact) mass is 316 g/mol. The third-order valence-electron chi connectivity index (χ3n) is 4.75. The zero-order valence-electron chi connectivity index (χ0n) is 13.9. The third-order valence-corrected chi connectivity index (χ3v) is 4.75. The van der Waals surface area contributed by atoms with Crippen LogP contribution in [0.4, 0.5) is 0 Å². The molecule has 1 amide bonds. The molecular weight excluding hydrogens is 292 g/mol. The Morgan fingerprint density at radius 3 is 2.96 bits per heavy atom. The Labute approximate surface area is 135 Å². The van der Waals surface area contributed by atoms with Gasteiger partial charge in [-0.3, -0.25) is 4.79 Å². The fourth-order valence-electron chi connectivity index (χ4n) is 3.34. The highest BCUT2D eigenvalue weighted by Gasteiger charge is 2.29. The van der Waals surface area contributed by atoms with Gasteiger partial charge in [0.25, 0.3) is 11.6 Å². The molecule has 2 atom stereocenters. The Bertz CT molecular complexity index is 723. The maximum Gasteiger partial charge on any atom is 0.259 e. The van der Waals surface area contributed by atoms with Crippen molar-refractivity contribution in [3.05, 3.63) is 23.0 Å². The van der Waals surface area contributed by atoms with Crippen molar-refractivity contribution in [2.45, 2.75) is 52.0 Å². The van der Waals surface area contributed by atoms with Crippen molar-refractivity contribution >= 4 is 17.0 Å². The quantitative estimate of drug-likeness (QED) is 0.904. The molecule has 0 aliphatic heterocycles. The van der Waals surface area contributed by atoms with E-state index in [1.807, 2.05) is 26.8 Å². The molecule has 0 bridgehead atoms. The Morgan fingerprint density at radius 1 is 1.48 bits per heavy atom. The first-order valence-electron chi connectivity index (χ1n) is 8.29. The number of carbonyl (C=O) groups excluding carboxylic acids is 1. The van der Waals surface area contributed by atoms with Gasteiger partial charge in [-0.1, -0.05) is 25.4 Å². The SMILES string of the molecule is Cc1noc2nc(C(C)C)cc(C(=O)NC3CCCC3CN)c12. The van der Waals surface area contributed by atoms with E-state index in [9.17, 15) is 4.79 Å². The lowest BCUT2D eigenvalue weighted by Gasteiger charge is -2.20. The summed E-state index contributed by atoms with van der Waals surface area (Å²) in [5.41, 5.74) is 8.37. The normalized spacial score (nSPS) is 21.3. The van der Waals surface area contributed by atoms with Gasteiger partial charge in [-0.25, -0.2) is 4.98 Å². The van der Waals surface area contributed by atoms with Crippen molar-refractivity contribution in [1.82, 2.24) is 15.5 Å². The van der Waals surface area contributed by atoms with Crippen molar-refractivity contribution in [2.24, 2.45) is 11.7 Å². The van der Waals surface area contributed by atoms with Crippen molar-refractivity contribution in [3.8, 4) is 0 Å². The lowest BCUT2D eigenvalue weighted by molar-refractivity contribution is 0.0930. The van der Waals surface area contributed by atoms with E-state index in [0.29, 0.717) is 34.8 Å². The molecule has 0 aromatic carbocycles. The number of nitrogens with one attached hydrogen (secondary N) is 1. The summed E-state index contributed by atoms with van der Waals surface area (Å²) < 4.78 is 5.28. The number of hydrogen-bond acceptors (Lipinski definition) is 5. The molecule has 3 N–H and O–H groups in total. The van der Waals surface area contributed by atoms with Crippen LogP contribution in [-0.4, -0.2) is 28.6 Å². The van der Waals surface area contributed by atoms with Crippen LogP contribution in [0.3, 0.4) is 0 Å². The van der Waals surface area contributed by atoms with Crippen LogP contribution in [0.5, 0.6) is 0 Å². The minimum Gasteiger partial charge on any atom is -0.349 e. The summed E-state index contributed by atoms with van der Waals surface area (Å²) in [6.45, 7) is 6.53. The highest BCUT2D eigenvalue weighted by Crippen LogP contribution is 2.28. The predicted molar refractivity (Wildman–Crippen MR) is 88.3 cm³/mol. The summed E-state index contributed by atoms with van der Waals surface area (Å²) >= 11 is 0. The lowest BCUT2D eigenvalue weighted by Crippen LogP contribution is -2.40. The molecule has 0 spiro atoms. The number of aryl methyl sites for hydroxylation is 1. The molecule has 3 rings (SSSR count). The second-order valence-electron chi connectivity index (χ2n) is 6.70. The Kier molecular flexibility index (Phi) is 4.35. The number of fused-ring (bicyclic) bond motifs is 1. The zero-order valence-corrected chi connectivity index (χ0v) is 13.9. The lowest BCUT2D eigenvalue weighted by atomic mass is 10.0. The van der Waals surface area contributed by atoms with Gasteiger partial charge in [-0.2, -0.15) is 0 Å². The maximum atomic E-state index is 12.9. The summed E-state index contributed by atoms with van der Waals surface area (Å²) in [6, 6.07) is 2.01. The van der Waals surface area contributed by atoms with E-state index in [1.54, 1.807) is 0 Å². The van der Waals surface area contributed by atoms with Crippen molar-refractivity contribution < 1.29 is 9.32 Å². The first-order valence-corrected chi connectivity index (χ1v) is 8.29. The molecule has 2 heterocycles. The number of nitrogens with zero attached hydrogens (tertiary/aromatic N) is 2. The van der Waals surface area contributed by atoms with E-state index in [4.69, 9.17) is 10.3 Å². The van der Waals surface area contributed by atoms with Crippen molar-refractivity contribution in [3.63, 3.8) is 0 Å². The molecule has 2 unspecified atom stereocenters. The second-order valence-corrected chi connectivity index (χ2v) is 6.70. The number of rotatable bonds is 4. The number of aromatic nitrogens is 2. The van der Waals surface area contributed by atoms with E-state index >= 15 is 0 Å². The van der Waals surface area contributed by atoms with Crippen LogP contribution >= 0.6 is 0 Å². The molecule has 1 saturated carbocycles. The molecule has 2 aromatic rings. The summed E-state index contributed by atoms with van der Waals surface area (Å²) in [6.07, 6.45) is 3.18.